The maximum Gasteiger partial charge on any atom is 0.339 e. The first-order chi connectivity index (χ1) is 17.4. The smallest absolute Gasteiger partial charge is 0.339 e. The summed E-state index contributed by atoms with van der Waals surface area (Å²) in [5, 5.41) is 7.91. The molecule has 1 saturated heterocycles. The third-order valence-corrected chi connectivity index (χ3v) is 5.53. The molecule has 1 aliphatic heterocycles. The van der Waals surface area contributed by atoms with E-state index in [1.165, 1.54) is 0 Å². The van der Waals surface area contributed by atoms with Gasteiger partial charge in [0.05, 0.1) is 13.7 Å². The van der Waals surface area contributed by atoms with E-state index >= 15 is 0 Å². The summed E-state index contributed by atoms with van der Waals surface area (Å²) in [6, 6.07) is 8.78. The first kappa shape index (κ1) is 30.8. The van der Waals surface area contributed by atoms with Crippen LogP contribution in [0.4, 0.5) is 0 Å². The van der Waals surface area contributed by atoms with E-state index in [9.17, 15) is 19.2 Å². The minimum Gasteiger partial charge on any atom is -0.467 e. The zero-order valence-corrected chi connectivity index (χ0v) is 22.4. The van der Waals surface area contributed by atoms with E-state index in [0.717, 1.165) is 14.0 Å². The van der Waals surface area contributed by atoms with Gasteiger partial charge in [-0.3, -0.25) is 19.8 Å². The second-order valence-corrected chi connectivity index (χ2v) is 10.0. The molecule has 204 valence electrons. The second kappa shape index (κ2) is 13.9. The van der Waals surface area contributed by atoms with Crippen molar-refractivity contribution >= 4 is 64.4 Å². The molecular formula is C23H26Cl3NO10. The minimum atomic E-state index is -2.32. The van der Waals surface area contributed by atoms with Gasteiger partial charge in [-0.1, -0.05) is 72.1 Å². The Morgan fingerprint density at radius 3 is 2.19 bits per heavy atom. The Morgan fingerprint density at radius 2 is 1.65 bits per heavy atom. The molecule has 0 saturated carbocycles. The van der Waals surface area contributed by atoms with Crippen molar-refractivity contribution in [1.82, 2.24) is 0 Å². The number of hydrogen-bond acceptors (Lipinski definition) is 11. The van der Waals surface area contributed by atoms with Crippen molar-refractivity contribution in [1.29, 1.82) is 5.41 Å². The Balaban J connectivity index is 2.51. The number of hydrogen-bond donors (Lipinski definition) is 1. The van der Waals surface area contributed by atoms with Crippen LogP contribution in [0.15, 0.2) is 30.3 Å². The Labute approximate surface area is 228 Å². The van der Waals surface area contributed by atoms with Gasteiger partial charge in [0.25, 0.3) is 3.79 Å². The molecule has 0 bridgehead atoms. The average molecular weight is 583 g/mol. The molecule has 37 heavy (non-hydrogen) atoms. The number of alkyl halides is 3. The van der Waals surface area contributed by atoms with Crippen LogP contribution in [0.2, 0.25) is 0 Å². The van der Waals surface area contributed by atoms with Crippen molar-refractivity contribution in [3.8, 4) is 0 Å². The molecule has 2 rings (SSSR count). The van der Waals surface area contributed by atoms with Crippen molar-refractivity contribution in [3.63, 3.8) is 0 Å². The molecule has 14 heteroatoms. The van der Waals surface area contributed by atoms with Crippen molar-refractivity contribution in [2.75, 3.05) is 7.11 Å². The van der Waals surface area contributed by atoms with Crippen molar-refractivity contribution in [2.45, 2.75) is 67.8 Å². The fourth-order valence-electron chi connectivity index (χ4n) is 3.28. The standard InChI is InChI=1S/C23H26Cl3NO10/c1-4-14(29)10-15(30)35-17-16(33-11-13-8-6-5-7-9-13)19(34-12(2)28)21(36-18(17)20(31)32-3)37-22(27)23(24,25)26/h5-9,16-19,21,27H,4,10-11H2,1-3H3/t16-,17-,18+,19+,21+/m0/s1. The number of halogens is 3. The molecule has 0 aromatic heterocycles. The van der Waals surface area contributed by atoms with Crippen molar-refractivity contribution in [3.05, 3.63) is 35.9 Å². The van der Waals surface area contributed by atoms with E-state index in [1.807, 2.05) is 0 Å². The largest absolute Gasteiger partial charge is 0.467 e. The third kappa shape index (κ3) is 9.11. The summed E-state index contributed by atoms with van der Waals surface area (Å²) >= 11 is 17.1. The maximum absolute atomic E-state index is 12.7. The number of ether oxygens (including phenoxy) is 6. The summed E-state index contributed by atoms with van der Waals surface area (Å²) in [7, 11) is 1.06. The molecule has 1 N–H and O–H groups in total. The monoisotopic (exact) mass is 581 g/mol. The molecule has 1 heterocycles. The lowest BCUT2D eigenvalue weighted by Gasteiger charge is -2.43. The van der Waals surface area contributed by atoms with Gasteiger partial charge in [-0.25, -0.2) is 4.79 Å². The minimum absolute atomic E-state index is 0.0791. The Hall–Kier alpha value is -2.44. The number of ketones is 1. The highest BCUT2D eigenvalue weighted by Gasteiger charge is 2.55. The van der Waals surface area contributed by atoms with E-state index in [4.69, 9.17) is 68.6 Å². The van der Waals surface area contributed by atoms with Crippen LogP contribution in [-0.4, -0.2) is 71.2 Å². The summed E-state index contributed by atoms with van der Waals surface area (Å²) in [5.74, 6) is -4.12. The van der Waals surface area contributed by atoms with Gasteiger partial charge in [0.2, 0.25) is 12.2 Å². The van der Waals surface area contributed by atoms with Gasteiger partial charge in [-0.05, 0) is 5.56 Å². The van der Waals surface area contributed by atoms with Crippen LogP contribution in [0.25, 0.3) is 0 Å². The van der Waals surface area contributed by atoms with Crippen LogP contribution < -0.4 is 0 Å². The molecule has 1 aromatic rings. The Kier molecular flexibility index (Phi) is 11.6. The SMILES string of the molecule is CCC(=O)CC(=O)O[C@H]1[C@H](OCc2ccccc2)[C@@H](OC(C)=O)[C@@H](OC(=N)C(Cl)(Cl)Cl)O[C@H]1C(=O)OC. The number of rotatable bonds is 10. The molecule has 11 nitrogen and oxygen atoms in total. The summed E-state index contributed by atoms with van der Waals surface area (Å²) in [6.45, 7) is 2.56. The zero-order valence-electron chi connectivity index (χ0n) is 20.1. The molecule has 5 atom stereocenters. The first-order valence-electron chi connectivity index (χ1n) is 11.0. The summed E-state index contributed by atoms with van der Waals surface area (Å²) in [6.07, 6.45) is -8.39. The highest BCUT2D eigenvalue weighted by molar-refractivity contribution is 6.76. The van der Waals surface area contributed by atoms with Gasteiger partial charge in [0, 0.05) is 13.3 Å². The van der Waals surface area contributed by atoms with Crippen LogP contribution in [0.1, 0.15) is 32.3 Å². The van der Waals surface area contributed by atoms with Crippen LogP contribution in [0.5, 0.6) is 0 Å². The summed E-state index contributed by atoms with van der Waals surface area (Å²) in [4.78, 5) is 49.0. The quantitative estimate of drug-likeness (QED) is 0.109. The van der Waals surface area contributed by atoms with Gasteiger partial charge in [0.1, 0.15) is 18.3 Å². The molecule has 0 spiro atoms. The van der Waals surface area contributed by atoms with Crippen molar-refractivity contribution < 1.29 is 47.6 Å². The number of nitrogens with one attached hydrogen (secondary N) is 1. The number of carbonyl (C=O) groups excluding carboxylic acids is 4. The molecule has 0 amide bonds. The third-order valence-electron chi connectivity index (χ3n) is 5.01. The lowest BCUT2D eigenvalue weighted by atomic mass is 9.97. The lowest BCUT2D eigenvalue weighted by molar-refractivity contribution is -0.291. The fourth-order valence-corrected chi connectivity index (χ4v) is 3.41. The molecule has 1 aromatic carbocycles. The Morgan fingerprint density at radius 1 is 1.00 bits per heavy atom. The lowest BCUT2D eigenvalue weighted by Crippen LogP contribution is -2.64. The van der Waals surface area contributed by atoms with Crippen LogP contribution in [-0.2, 0) is 54.2 Å². The number of carbonyl (C=O) groups is 4. The van der Waals surface area contributed by atoms with Crippen LogP contribution in [0.3, 0.4) is 0 Å². The highest BCUT2D eigenvalue weighted by Crippen LogP contribution is 2.34. The van der Waals surface area contributed by atoms with E-state index < -0.39 is 70.5 Å². The number of Topliss-reactive ketones (excluding diaryl/α,β-unsaturated/α-hetero) is 1. The van der Waals surface area contributed by atoms with Gasteiger partial charge >= 0.3 is 17.9 Å². The van der Waals surface area contributed by atoms with Gasteiger partial charge < -0.3 is 28.4 Å². The predicted molar refractivity (Wildman–Crippen MR) is 130 cm³/mol. The molecular weight excluding hydrogens is 557 g/mol. The topological polar surface area (TPSA) is 148 Å². The zero-order chi connectivity index (χ0) is 27.8. The van der Waals surface area contributed by atoms with Crippen LogP contribution >= 0.6 is 34.8 Å². The average Bonchev–Trinajstić information content (AvgIpc) is 2.83. The molecule has 0 unspecified atom stereocenters. The Bertz CT molecular complexity index is 985. The summed E-state index contributed by atoms with van der Waals surface area (Å²) < 4.78 is 30.1. The second-order valence-electron chi connectivity index (χ2n) is 7.75. The molecule has 1 fully saturated rings. The molecule has 0 aliphatic carbocycles. The summed E-state index contributed by atoms with van der Waals surface area (Å²) in [5.41, 5.74) is 0.683. The predicted octanol–water partition coefficient (Wildman–Crippen LogP) is 3.05. The van der Waals surface area contributed by atoms with Gasteiger partial charge in [0.15, 0.2) is 18.3 Å². The highest BCUT2D eigenvalue weighted by atomic mass is 35.6. The normalized spacial score (nSPS) is 23.5. The first-order valence-corrected chi connectivity index (χ1v) is 12.1. The van der Waals surface area contributed by atoms with E-state index in [1.54, 1.807) is 37.3 Å². The van der Waals surface area contributed by atoms with Gasteiger partial charge in [-0.15, -0.1) is 0 Å². The number of benzene rings is 1. The van der Waals surface area contributed by atoms with E-state index in [-0.39, 0.29) is 13.0 Å². The number of esters is 3. The van der Waals surface area contributed by atoms with E-state index in [2.05, 4.69) is 0 Å². The number of methoxy groups -OCH3 is 1. The van der Waals surface area contributed by atoms with Crippen LogP contribution in [0, 0.1) is 5.41 Å². The van der Waals surface area contributed by atoms with E-state index in [0.29, 0.717) is 5.56 Å². The fraction of sp³-hybridized carbons (Fsp3) is 0.522. The van der Waals surface area contributed by atoms with Gasteiger partial charge in [-0.2, -0.15) is 0 Å². The molecule has 0 radical (unpaired) electrons. The molecule has 1 aliphatic rings. The van der Waals surface area contributed by atoms with Crippen molar-refractivity contribution in [2.24, 2.45) is 0 Å². The maximum atomic E-state index is 12.7.